The zero-order valence-electron chi connectivity index (χ0n) is 12.4. The van der Waals surface area contributed by atoms with Crippen LogP contribution in [0.1, 0.15) is 31.0 Å². The van der Waals surface area contributed by atoms with Crippen molar-refractivity contribution in [3.05, 3.63) is 53.3 Å². The molecule has 5 heteroatoms. The van der Waals surface area contributed by atoms with Crippen LogP contribution < -0.4 is 10.4 Å². The third-order valence-corrected chi connectivity index (χ3v) is 4.71. The Morgan fingerprint density at radius 1 is 1.05 bits per heavy atom. The van der Waals surface area contributed by atoms with E-state index < -0.39 is 0 Å². The Balaban J connectivity index is 1.68. The molecule has 0 aliphatic carbocycles. The zero-order chi connectivity index (χ0) is 14.9. The van der Waals surface area contributed by atoms with E-state index in [0.717, 1.165) is 29.5 Å². The van der Waals surface area contributed by atoms with Gasteiger partial charge in [-0.15, -0.1) is 0 Å². The van der Waals surface area contributed by atoms with Crippen molar-refractivity contribution in [3.8, 4) is 0 Å². The largest absolute Gasteiger partial charge is 0.283 e. The minimum absolute atomic E-state index is 0.231. The predicted octanol–water partition coefficient (Wildman–Crippen LogP) is 3.88. The van der Waals surface area contributed by atoms with Gasteiger partial charge in [0, 0.05) is 16.8 Å². The number of fused-ring (bicyclic) bond motifs is 1. The van der Waals surface area contributed by atoms with Gasteiger partial charge in [-0.05, 0) is 56.3 Å². The number of benzene rings is 1. The lowest BCUT2D eigenvalue weighted by Gasteiger charge is -2.33. The van der Waals surface area contributed by atoms with E-state index in [2.05, 4.69) is 26.4 Å². The maximum atomic E-state index is 6.01. The van der Waals surface area contributed by atoms with Gasteiger partial charge in [0.15, 0.2) is 0 Å². The summed E-state index contributed by atoms with van der Waals surface area (Å²) in [6, 6.07) is 10.0. The maximum Gasteiger partial charge on any atom is 0.106 e. The Kier molecular flexibility index (Phi) is 3.74. The minimum Gasteiger partial charge on any atom is -0.283 e. The molecular weight excluding hydrogens is 296 g/mol. The monoisotopic (exact) mass is 314 g/mol. The predicted molar refractivity (Wildman–Crippen MR) is 89.1 cm³/mol. The van der Waals surface area contributed by atoms with Gasteiger partial charge in [0.2, 0.25) is 0 Å². The molecule has 2 aliphatic heterocycles. The van der Waals surface area contributed by atoms with Crippen molar-refractivity contribution in [3.63, 3.8) is 0 Å². The van der Waals surface area contributed by atoms with Gasteiger partial charge in [0.1, 0.15) is 6.17 Å². The Morgan fingerprint density at radius 3 is 2.59 bits per heavy atom. The van der Waals surface area contributed by atoms with Gasteiger partial charge in [-0.2, -0.15) is 0 Å². The van der Waals surface area contributed by atoms with Crippen LogP contribution in [0, 0.1) is 0 Å². The fraction of sp³-hybridized carbons (Fsp3) is 0.353. The number of rotatable bonds is 2. The van der Waals surface area contributed by atoms with Gasteiger partial charge in [-0.25, -0.2) is 5.43 Å². The second-order valence-corrected chi connectivity index (χ2v) is 6.31. The second-order valence-electron chi connectivity index (χ2n) is 5.87. The highest BCUT2D eigenvalue weighted by atomic mass is 35.5. The number of nitrogens with zero attached hydrogens (tertiary/aromatic N) is 3. The third-order valence-electron chi connectivity index (χ3n) is 4.46. The van der Waals surface area contributed by atoms with E-state index in [9.17, 15) is 0 Å². The summed E-state index contributed by atoms with van der Waals surface area (Å²) < 4.78 is 0. The quantitative estimate of drug-likeness (QED) is 0.911. The minimum atomic E-state index is 0.231. The molecule has 1 unspecified atom stereocenters. The Hall–Kier alpha value is -1.62. The van der Waals surface area contributed by atoms with E-state index in [-0.39, 0.29) is 6.17 Å². The lowest BCUT2D eigenvalue weighted by molar-refractivity contribution is 0.145. The number of hydrogen-bond donors (Lipinski definition) is 1. The van der Waals surface area contributed by atoms with E-state index in [0.29, 0.717) is 0 Å². The Labute approximate surface area is 135 Å². The Morgan fingerprint density at radius 2 is 1.82 bits per heavy atom. The summed E-state index contributed by atoms with van der Waals surface area (Å²) in [5.41, 5.74) is 7.14. The van der Waals surface area contributed by atoms with Crippen molar-refractivity contribution >= 4 is 23.0 Å². The van der Waals surface area contributed by atoms with Crippen molar-refractivity contribution in [1.29, 1.82) is 0 Å². The SMILES string of the molecule is Clc1ccc(N2NC(N3CCCCC3)c3ccncc32)cc1. The van der Waals surface area contributed by atoms with Gasteiger partial charge in [-0.3, -0.25) is 14.9 Å². The van der Waals surface area contributed by atoms with Crippen LogP contribution in [-0.4, -0.2) is 23.0 Å². The van der Waals surface area contributed by atoms with Gasteiger partial charge in [0.05, 0.1) is 17.6 Å². The number of halogens is 1. The van der Waals surface area contributed by atoms with Crippen LogP contribution in [0.4, 0.5) is 11.4 Å². The first-order valence-electron chi connectivity index (χ1n) is 7.83. The molecule has 1 aromatic heterocycles. The first kappa shape index (κ1) is 14.0. The van der Waals surface area contributed by atoms with Crippen molar-refractivity contribution in [2.75, 3.05) is 18.1 Å². The van der Waals surface area contributed by atoms with Crippen molar-refractivity contribution < 1.29 is 0 Å². The number of aromatic nitrogens is 1. The van der Waals surface area contributed by atoms with Gasteiger partial charge in [0.25, 0.3) is 0 Å². The van der Waals surface area contributed by atoms with Crippen LogP contribution >= 0.6 is 11.6 Å². The fourth-order valence-electron chi connectivity index (χ4n) is 3.34. The molecule has 2 aliphatic rings. The van der Waals surface area contributed by atoms with Gasteiger partial charge >= 0.3 is 0 Å². The molecule has 1 aromatic carbocycles. The molecule has 1 N–H and O–H groups in total. The molecule has 3 heterocycles. The summed E-state index contributed by atoms with van der Waals surface area (Å²) in [5, 5.41) is 2.87. The molecule has 0 bridgehead atoms. The van der Waals surface area contributed by atoms with E-state index in [4.69, 9.17) is 11.6 Å². The van der Waals surface area contributed by atoms with Crippen molar-refractivity contribution in [2.45, 2.75) is 25.4 Å². The number of piperidine rings is 1. The lowest BCUT2D eigenvalue weighted by Crippen LogP contribution is -2.42. The number of likely N-dealkylation sites (tertiary alicyclic amines) is 1. The molecular formula is C17H19ClN4. The summed E-state index contributed by atoms with van der Waals surface area (Å²) in [7, 11) is 0. The average Bonchev–Trinajstić information content (AvgIpc) is 2.96. The zero-order valence-corrected chi connectivity index (χ0v) is 13.1. The van der Waals surface area contributed by atoms with E-state index in [1.807, 2.05) is 36.7 Å². The first-order chi connectivity index (χ1) is 10.8. The van der Waals surface area contributed by atoms with Gasteiger partial charge < -0.3 is 0 Å². The molecule has 4 nitrogen and oxygen atoms in total. The third kappa shape index (κ3) is 2.47. The first-order valence-corrected chi connectivity index (χ1v) is 8.20. The number of hydrogen-bond acceptors (Lipinski definition) is 4. The molecule has 22 heavy (non-hydrogen) atoms. The highest BCUT2D eigenvalue weighted by Gasteiger charge is 2.33. The molecule has 1 fully saturated rings. The molecule has 0 amide bonds. The number of nitrogens with one attached hydrogen (secondary N) is 1. The summed E-state index contributed by atoms with van der Waals surface area (Å²) >= 11 is 6.01. The number of pyridine rings is 1. The summed E-state index contributed by atoms with van der Waals surface area (Å²) in [5.74, 6) is 0. The molecule has 1 atom stereocenters. The standard InChI is InChI=1S/C17H19ClN4/c18-13-4-6-14(7-5-13)22-16-12-19-9-8-15(16)17(20-22)21-10-2-1-3-11-21/h4-9,12,17,20H,1-3,10-11H2. The number of hydrazine groups is 1. The molecule has 0 radical (unpaired) electrons. The second kappa shape index (κ2) is 5.88. The maximum absolute atomic E-state index is 6.01. The van der Waals surface area contributed by atoms with E-state index >= 15 is 0 Å². The van der Waals surface area contributed by atoms with Crippen LogP contribution in [0.2, 0.25) is 5.02 Å². The Bertz CT molecular complexity index is 652. The van der Waals surface area contributed by atoms with E-state index in [1.165, 1.54) is 24.8 Å². The smallest absolute Gasteiger partial charge is 0.106 e. The van der Waals surface area contributed by atoms with Crippen LogP contribution in [0.5, 0.6) is 0 Å². The molecule has 0 spiro atoms. The van der Waals surface area contributed by atoms with Crippen LogP contribution in [0.3, 0.4) is 0 Å². The molecule has 0 saturated carbocycles. The fourth-order valence-corrected chi connectivity index (χ4v) is 3.46. The topological polar surface area (TPSA) is 31.4 Å². The van der Waals surface area contributed by atoms with Crippen LogP contribution in [0.15, 0.2) is 42.7 Å². The van der Waals surface area contributed by atoms with Crippen molar-refractivity contribution in [1.82, 2.24) is 15.3 Å². The summed E-state index contributed by atoms with van der Waals surface area (Å²) in [6.45, 7) is 2.29. The normalized spacial score (nSPS) is 21.9. The van der Waals surface area contributed by atoms with E-state index in [1.54, 1.807) is 0 Å². The summed E-state index contributed by atoms with van der Waals surface area (Å²) in [4.78, 5) is 6.83. The van der Waals surface area contributed by atoms with Crippen molar-refractivity contribution in [2.24, 2.45) is 0 Å². The molecule has 4 rings (SSSR count). The van der Waals surface area contributed by atoms with Gasteiger partial charge in [-0.1, -0.05) is 18.0 Å². The molecule has 2 aromatic rings. The highest BCUT2D eigenvalue weighted by molar-refractivity contribution is 6.30. The van der Waals surface area contributed by atoms with Crippen LogP contribution in [-0.2, 0) is 0 Å². The molecule has 114 valence electrons. The highest BCUT2D eigenvalue weighted by Crippen LogP contribution is 2.39. The molecule has 1 saturated heterocycles. The number of anilines is 2. The average molecular weight is 315 g/mol. The van der Waals surface area contributed by atoms with Crippen LogP contribution in [0.25, 0.3) is 0 Å². The lowest BCUT2D eigenvalue weighted by atomic mass is 10.1. The summed E-state index contributed by atoms with van der Waals surface area (Å²) in [6.07, 6.45) is 7.94.